The van der Waals surface area contributed by atoms with E-state index >= 15 is 0 Å². The van der Waals surface area contributed by atoms with Gasteiger partial charge in [-0.15, -0.1) is 11.3 Å². The van der Waals surface area contributed by atoms with Crippen LogP contribution in [0.5, 0.6) is 0 Å². The first-order valence-electron chi connectivity index (χ1n) is 10.1. The first kappa shape index (κ1) is 21.0. The highest BCUT2D eigenvalue weighted by molar-refractivity contribution is 7.13. The molecule has 0 atom stereocenters. The molecule has 1 amide bonds. The number of carbonyl (C=O) groups is 1. The molecule has 158 valence electrons. The summed E-state index contributed by atoms with van der Waals surface area (Å²) >= 11 is 1.58. The van der Waals surface area contributed by atoms with Crippen molar-refractivity contribution in [3.05, 3.63) is 93.9 Å². The maximum Gasteiger partial charge on any atom is 0.253 e. The van der Waals surface area contributed by atoms with Crippen molar-refractivity contribution in [2.45, 2.75) is 33.5 Å². The molecule has 4 aromatic rings. The predicted octanol–water partition coefficient (Wildman–Crippen LogP) is 4.06. The van der Waals surface area contributed by atoms with Crippen molar-refractivity contribution < 1.29 is 4.79 Å². The average Bonchev–Trinajstić information content (AvgIpc) is 3.39. The molecule has 4 rings (SSSR count). The number of hydrogen-bond donors (Lipinski definition) is 2. The third-order valence-electron chi connectivity index (χ3n) is 5.29. The number of benzene rings is 1. The molecule has 0 aliphatic heterocycles. The predicted molar refractivity (Wildman–Crippen MR) is 124 cm³/mol. The SMILES string of the molecule is Cc1cc(C(=O)NCc2ccc(CN)cc2)c(C)n1Cc1csc(-c2ccccn2)n1. The molecule has 7 heteroatoms. The van der Waals surface area contributed by atoms with Crippen LogP contribution in [0, 0.1) is 13.8 Å². The van der Waals surface area contributed by atoms with Gasteiger partial charge in [0.25, 0.3) is 5.91 Å². The number of hydrogen-bond acceptors (Lipinski definition) is 5. The van der Waals surface area contributed by atoms with Gasteiger partial charge < -0.3 is 15.6 Å². The molecule has 0 unspecified atom stereocenters. The van der Waals surface area contributed by atoms with Gasteiger partial charge in [0.1, 0.15) is 5.01 Å². The second-order valence-corrected chi connectivity index (χ2v) is 8.29. The highest BCUT2D eigenvalue weighted by Crippen LogP contribution is 2.23. The summed E-state index contributed by atoms with van der Waals surface area (Å²) in [7, 11) is 0. The van der Waals surface area contributed by atoms with Gasteiger partial charge in [-0.3, -0.25) is 9.78 Å². The maximum absolute atomic E-state index is 12.8. The zero-order valence-electron chi connectivity index (χ0n) is 17.6. The van der Waals surface area contributed by atoms with E-state index in [2.05, 4.69) is 14.9 Å². The van der Waals surface area contributed by atoms with E-state index in [0.717, 1.165) is 38.9 Å². The van der Waals surface area contributed by atoms with Crippen LogP contribution < -0.4 is 11.1 Å². The van der Waals surface area contributed by atoms with Crippen molar-refractivity contribution >= 4 is 17.2 Å². The summed E-state index contributed by atoms with van der Waals surface area (Å²) in [5, 5.41) is 5.97. The van der Waals surface area contributed by atoms with Crippen LogP contribution in [0.4, 0.5) is 0 Å². The number of amides is 1. The molecule has 0 spiro atoms. The van der Waals surface area contributed by atoms with Crippen molar-refractivity contribution in [3.8, 4) is 10.7 Å². The van der Waals surface area contributed by atoms with Gasteiger partial charge in [-0.05, 0) is 43.2 Å². The van der Waals surface area contributed by atoms with Gasteiger partial charge in [-0.2, -0.15) is 0 Å². The van der Waals surface area contributed by atoms with Gasteiger partial charge in [0, 0.05) is 36.1 Å². The van der Waals surface area contributed by atoms with E-state index in [4.69, 9.17) is 10.7 Å². The molecule has 0 fully saturated rings. The molecule has 3 heterocycles. The lowest BCUT2D eigenvalue weighted by molar-refractivity contribution is 0.0950. The summed E-state index contributed by atoms with van der Waals surface area (Å²) in [6.45, 7) is 5.61. The number of rotatable bonds is 7. The van der Waals surface area contributed by atoms with E-state index in [9.17, 15) is 4.79 Å². The van der Waals surface area contributed by atoms with E-state index in [-0.39, 0.29) is 5.91 Å². The molecule has 0 radical (unpaired) electrons. The number of pyridine rings is 1. The van der Waals surface area contributed by atoms with Gasteiger partial charge in [0.15, 0.2) is 0 Å². The van der Waals surface area contributed by atoms with Crippen molar-refractivity contribution in [2.75, 3.05) is 0 Å². The Hall–Kier alpha value is -3.29. The topological polar surface area (TPSA) is 85.8 Å². The Kier molecular flexibility index (Phi) is 6.25. The molecular weight excluding hydrogens is 406 g/mol. The summed E-state index contributed by atoms with van der Waals surface area (Å²) in [4.78, 5) is 21.9. The number of nitrogens with one attached hydrogen (secondary N) is 1. The van der Waals surface area contributed by atoms with Crippen LogP contribution in [-0.4, -0.2) is 20.4 Å². The number of thiazole rings is 1. The Morgan fingerprint density at radius 2 is 1.90 bits per heavy atom. The highest BCUT2D eigenvalue weighted by atomic mass is 32.1. The van der Waals surface area contributed by atoms with Crippen LogP contribution >= 0.6 is 11.3 Å². The summed E-state index contributed by atoms with van der Waals surface area (Å²) < 4.78 is 2.13. The van der Waals surface area contributed by atoms with Crippen LogP contribution in [0.3, 0.4) is 0 Å². The normalized spacial score (nSPS) is 10.9. The van der Waals surface area contributed by atoms with E-state index in [1.54, 1.807) is 17.5 Å². The maximum atomic E-state index is 12.8. The largest absolute Gasteiger partial charge is 0.348 e. The molecule has 0 saturated carbocycles. The molecule has 0 bridgehead atoms. The number of aromatic nitrogens is 3. The van der Waals surface area contributed by atoms with E-state index in [0.29, 0.717) is 25.2 Å². The number of aryl methyl sites for hydroxylation is 1. The molecule has 0 aliphatic carbocycles. The van der Waals surface area contributed by atoms with Gasteiger partial charge in [0.05, 0.1) is 23.5 Å². The fourth-order valence-electron chi connectivity index (χ4n) is 3.49. The Bertz CT molecular complexity index is 1180. The summed E-state index contributed by atoms with van der Waals surface area (Å²) in [5.41, 5.74) is 12.2. The number of carbonyl (C=O) groups excluding carboxylic acids is 1. The fourth-order valence-corrected chi connectivity index (χ4v) is 4.28. The zero-order chi connectivity index (χ0) is 21.8. The third kappa shape index (κ3) is 4.73. The molecule has 1 aromatic carbocycles. The molecule has 31 heavy (non-hydrogen) atoms. The zero-order valence-corrected chi connectivity index (χ0v) is 18.4. The molecule has 0 saturated heterocycles. The van der Waals surface area contributed by atoms with Gasteiger partial charge in [-0.1, -0.05) is 30.3 Å². The molecule has 3 N–H and O–H groups in total. The minimum absolute atomic E-state index is 0.0743. The standard InChI is InChI=1S/C24H25N5OS/c1-16-11-21(23(30)27-13-19-8-6-18(12-25)7-9-19)17(2)29(16)14-20-15-31-24(28-20)22-5-3-4-10-26-22/h3-11,15H,12-14,25H2,1-2H3,(H,27,30). The average molecular weight is 432 g/mol. The number of nitrogens with two attached hydrogens (primary N) is 1. The van der Waals surface area contributed by atoms with E-state index in [1.165, 1.54) is 0 Å². The quantitative estimate of drug-likeness (QED) is 0.462. The van der Waals surface area contributed by atoms with Crippen molar-refractivity contribution in [3.63, 3.8) is 0 Å². The van der Waals surface area contributed by atoms with Crippen LogP contribution in [0.15, 0.2) is 60.1 Å². The lowest BCUT2D eigenvalue weighted by atomic mass is 10.1. The minimum Gasteiger partial charge on any atom is -0.348 e. The number of nitrogens with zero attached hydrogens (tertiary/aromatic N) is 3. The van der Waals surface area contributed by atoms with Gasteiger partial charge >= 0.3 is 0 Å². The van der Waals surface area contributed by atoms with Crippen molar-refractivity contribution in [1.29, 1.82) is 0 Å². The van der Waals surface area contributed by atoms with Crippen LogP contribution in [0.25, 0.3) is 10.7 Å². The van der Waals surface area contributed by atoms with E-state index in [1.807, 2.05) is 67.8 Å². The Morgan fingerprint density at radius 1 is 1.13 bits per heavy atom. The van der Waals surface area contributed by atoms with Crippen molar-refractivity contribution in [2.24, 2.45) is 5.73 Å². The highest BCUT2D eigenvalue weighted by Gasteiger charge is 2.17. The minimum atomic E-state index is -0.0743. The summed E-state index contributed by atoms with van der Waals surface area (Å²) in [5.74, 6) is -0.0743. The molecule has 0 aliphatic rings. The lowest BCUT2D eigenvalue weighted by Crippen LogP contribution is -2.23. The second-order valence-electron chi connectivity index (χ2n) is 7.43. The second kappa shape index (κ2) is 9.24. The Morgan fingerprint density at radius 3 is 2.61 bits per heavy atom. The third-order valence-corrected chi connectivity index (χ3v) is 6.20. The van der Waals surface area contributed by atoms with Gasteiger partial charge in [-0.25, -0.2) is 4.98 Å². The molecule has 6 nitrogen and oxygen atoms in total. The van der Waals surface area contributed by atoms with Crippen LogP contribution in [0.1, 0.15) is 38.6 Å². The lowest BCUT2D eigenvalue weighted by Gasteiger charge is -2.09. The van der Waals surface area contributed by atoms with Crippen molar-refractivity contribution in [1.82, 2.24) is 19.9 Å². The van der Waals surface area contributed by atoms with Gasteiger partial charge in [0.2, 0.25) is 0 Å². The first-order chi connectivity index (χ1) is 15.0. The summed E-state index contributed by atoms with van der Waals surface area (Å²) in [6, 6.07) is 15.7. The molecular formula is C24H25N5OS. The van der Waals surface area contributed by atoms with E-state index < -0.39 is 0 Å². The Balaban J connectivity index is 1.45. The summed E-state index contributed by atoms with van der Waals surface area (Å²) in [6.07, 6.45) is 1.77. The monoisotopic (exact) mass is 431 g/mol. The molecule has 3 aromatic heterocycles. The first-order valence-corrected chi connectivity index (χ1v) is 11.0. The smallest absolute Gasteiger partial charge is 0.253 e. The van der Waals surface area contributed by atoms with Crippen LogP contribution in [0.2, 0.25) is 0 Å². The Labute approximate surface area is 185 Å². The fraction of sp³-hybridized carbons (Fsp3) is 0.208. The van der Waals surface area contributed by atoms with Crippen LogP contribution in [-0.2, 0) is 19.6 Å².